The van der Waals surface area contributed by atoms with Crippen molar-refractivity contribution in [3.8, 4) is 5.75 Å². The van der Waals surface area contributed by atoms with Crippen LogP contribution in [0.3, 0.4) is 0 Å². The number of nitrogens with one attached hydrogen (secondary N) is 1. The van der Waals surface area contributed by atoms with Crippen LogP contribution in [0, 0.1) is 0 Å². The fraction of sp³-hybridized carbons (Fsp3) is 0.294. The first-order valence-electron chi connectivity index (χ1n) is 8.52. The lowest BCUT2D eigenvalue weighted by Gasteiger charge is -2.22. The third-order valence-electron chi connectivity index (χ3n) is 4.53. The zero-order valence-electron chi connectivity index (χ0n) is 15.0. The number of hydrogen-bond acceptors (Lipinski definition) is 7. The summed E-state index contributed by atoms with van der Waals surface area (Å²) in [6.07, 6.45) is 1.02. The van der Waals surface area contributed by atoms with E-state index >= 15 is 0 Å². The van der Waals surface area contributed by atoms with Crippen molar-refractivity contribution in [2.45, 2.75) is 23.1 Å². The van der Waals surface area contributed by atoms with Gasteiger partial charge in [0.15, 0.2) is 5.13 Å². The summed E-state index contributed by atoms with van der Waals surface area (Å²) in [6, 6.07) is 5.57. The Morgan fingerprint density at radius 3 is 2.76 bits per heavy atom. The lowest BCUT2D eigenvalue weighted by Crippen LogP contribution is -2.42. The summed E-state index contributed by atoms with van der Waals surface area (Å²) in [5.41, 5.74) is 0.546. The van der Waals surface area contributed by atoms with Gasteiger partial charge < -0.3 is 10.1 Å². The average molecular weight is 492 g/mol. The molecule has 1 saturated heterocycles. The van der Waals surface area contributed by atoms with Gasteiger partial charge in [-0.05, 0) is 37.1 Å². The molecule has 1 N–H and O–H groups in total. The highest BCUT2D eigenvalue weighted by molar-refractivity contribution is 7.91. The Hall–Kier alpha value is -1.43. The van der Waals surface area contributed by atoms with Crippen LogP contribution in [0.2, 0.25) is 9.36 Å². The van der Waals surface area contributed by atoms with E-state index in [-0.39, 0.29) is 10.8 Å². The van der Waals surface area contributed by atoms with Crippen molar-refractivity contribution in [1.29, 1.82) is 0 Å². The van der Waals surface area contributed by atoms with E-state index < -0.39 is 22.0 Å². The molecule has 2 aromatic heterocycles. The molecule has 0 saturated carbocycles. The second-order valence-electron chi connectivity index (χ2n) is 6.27. The monoisotopic (exact) mass is 491 g/mol. The second-order valence-corrected chi connectivity index (χ2v) is 11.5. The lowest BCUT2D eigenvalue weighted by molar-refractivity contribution is -0.119. The molecule has 1 aliphatic heterocycles. The van der Waals surface area contributed by atoms with E-state index in [0.29, 0.717) is 43.3 Å². The Kier molecular flexibility index (Phi) is 5.75. The van der Waals surface area contributed by atoms with E-state index in [2.05, 4.69) is 10.3 Å². The normalized spacial score (nSPS) is 17.7. The molecule has 1 aliphatic rings. The third-order valence-corrected chi connectivity index (χ3v) is 9.56. The summed E-state index contributed by atoms with van der Waals surface area (Å²) in [5, 5.41) is 3.57. The zero-order valence-corrected chi connectivity index (χ0v) is 19.0. The van der Waals surface area contributed by atoms with Gasteiger partial charge in [-0.2, -0.15) is 4.31 Å². The number of hydrogen-bond donors (Lipinski definition) is 1. The summed E-state index contributed by atoms with van der Waals surface area (Å²) in [4.78, 5) is 17.3. The highest BCUT2D eigenvalue weighted by Crippen LogP contribution is 2.38. The first-order chi connectivity index (χ1) is 13.8. The number of rotatable bonds is 5. The molecule has 1 atom stereocenters. The Morgan fingerprint density at radius 1 is 1.28 bits per heavy atom. The summed E-state index contributed by atoms with van der Waals surface area (Å²) in [5.74, 6) is 0.115. The van der Waals surface area contributed by atoms with E-state index in [1.807, 2.05) is 0 Å². The third kappa shape index (κ3) is 3.85. The number of sulfonamides is 1. The molecule has 0 spiro atoms. The lowest BCUT2D eigenvalue weighted by atomic mass is 10.2. The van der Waals surface area contributed by atoms with Crippen molar-refractivity contribution in [3.05, 3.63) is 33.6 Å². The van der Waals surface area contributed by atoms with Crippen molar-refractivity contribution in [2.24, 2.45) is 0 Å². The molecule has 0 radical (unpaired) electrons. The maximum Gasteiger partial charge on any atom is 0.253 e. The van der Waals surface area contributed by atoms with E-state index in [9.17, 15) is 13.2 Å². The van der Waals surface area contributed by atoms with Crippen LogP contribution < -0.4 is 10.1 Å². The molecule has 154 valence electrons. The van der Waals surface area contributed by atoms with Gasteiger partial charge in [0.25, 0.3) is 10.0 Å². The standard InChI is InChI=1S/C17H15Cl2N3O4S3/c1-26-11-5-4-9(18)15-14(11)20-17(28-15)21-16(23)10-3-2-8-22(10)29(24,25)13-7-6-12(19)27-13/h4-7,10H,2-3,8H2,1H3,(H,20,21,23). The van der Waals surface area contributed by atoms with Crippen LogP contribution in [-0.4, -0.2) is 43.3 Å². The van der Waals surface area contributed by atoms with Crippen LogP contribution in [0.15, 0.2) is 28.5 Å². The van der Waals surface area contributed by atoms with Crippen LogP contribution in [0.25, 0.3) is 10.2 Å². The number of thiazole rings is 1. The smallest absolute Gasteiger partial charge is 0.253 e. The number of amides is 1. The largest absolute Gasteiger partial charge is 0.494 e. The molecule has 0 bridgehead atoms. The number of carbonyl (C=O) groups is 1. The zero-order chi connectivity index (χ0) is 20.8. The Labute approximate surface area is 185 Å². The highest BCUT2D eigenvalue weighted by atomic mass is 35.5. The van der Waals surface area contributed by atoms with Crippen molar-refractivity contribution in [3.63, 3.8) is 0 Å². The molecule has 0 aliphatic carbocycles. The topological polar surface area (TPSA) is 88.6 Å². The number of thiophene rings is 1. The Bertz CT molecular complexity index is 1190. The van der Waals surface area contributed by atoms with Crippen LogP contribution in [0.1, 0.15) is 12.8 Å². The number of nitrogens with zero attached hydrogens (tertiary/aromatic N) is 2. The molecule has 1 amide bonds. The maximum absolute atomic E-state index is 12.9. The number of halogens is 2. The molecule has 3 heterocycles. The minimum Gasteiger partial charge on any atom is -0.494 e. The molecule has 7 nitrogen and oxygen atoms in total. The van der Waals surface area contributed by atoms with Crippen LogP contribution in [0.4, 0.5) is 5.13 Å². The molecule has 1 fully saturated rings. The van der Waals surface area contributed by atoms with Gasteiger partial charge in [-0.25, -0.2) is 13.4 Å². The van der Waals surface area contributed by atoms with Crippen molar-refractivity contribution >= 4 is 77.2 Å². The second kappa shape index (κ2) is 8.01. The van der Waals surface area contributed by atoms with E-state index in [1.165, 1.54) is 34.9 Å². The number of methoxy groups -OCH3 is 1. The predicted octanol–water partition coefficient (Wildman–Crippen LogP) is 4.47. The van der Waals surface area contributed by atoms with Crippen molar-refractivity contribution < 1.29 is 17.9 Å². The van der Waals surface area contributed by atoms with E-state index in [0.717, 1.165) is 11.3 Å². The van der Waals surface area contributed by atoms with Crippen molar-refractivity contribution in [1.82, 2.24) is 9.29 Å². The van der Waals surface area contributed by atoms with Crippen molar-refractivity contribution in [2.75, 3.05) is 19.0 Å². The number of carbonyl (C=O) groups excluding carboxylic acids is 1. The first-order valence-corrected chi connectivity index (χ1v) is 12.3. The molecule has 4 rings (SSSR count). The van der Waals surface area contributed by atoms with Gasteiger partial charge >= 0.3 is 0 Å². The van der Waals surface area contributed by atoms with Gasteiger partial charge in [0.05, 0.1) is 21.2 Å². The first kappa shape index (κ1) is 20.8. The van der Waals surface area contributed by atoms with Gasteiger partial charge in [0, 0.05) is 6.54 Å². The SMILES string of the molecule is COc1ccc(Cl)c2sc(NC(=O)C3CCCN3S(=O)(=O)c3ccc(Cl)s3)nc12. The fourth-order valence-electron chi connectivity index (χ4n) is 3.20. The quantitative estimate of drug-likeness (QED) is 0.568. The fourth-order valence-corrected chi connectivity index (χ4v) is 7.63. The van der Waals surface area contributed by atoms with Gasteiger partial charge in [-0.3, -0.25) is 4.79 Å². The molecule has 29 heavy (non-hydrogen) atoms. The van der Waals surface area contributed by atoms with E-state index in [1.54, 1.807) is 12.1 Å². The molecule has 1 unspecified atom stereocenters. The number of anilines is 1. The summed E-state index contributed by atoms with van der Waals surface area (Å²) in [7, 11) is -2.27. The summed E-state index contributed by atoms with van der Waals surface area (Å²) < 4.78 is 33.6. The number of benzene rings is 1. The maximum atomic E-state index is 12.9. The summed E-state index contributed by atoms with van der Waals surface area (Å²) >= 11 is 14.3. The molecule has 1 aromatic carbocycles. The minimum atomic E-state index is -3.80. The number of aromatic nitrogens is 1. The molecular formula is C17H15Cl2N3O4S3. The Morgan fingerprint density at radius 2 is 2.07 bits per heavy atom. The van der Waals surface area contributed by atoms with Crippen LogP contribution >= 0.6 is 45.9 Å². The van der Waals surface area contributed by atoms with E-state index in [4.69, 9.17) is 27.9 Å². The number of fused-ring (bicyclic) bond motifs is 1. The van der Waals surface area contributed by atoms with Crippen LogP contribution in [0.5, 0.6) is 5.75 Å². The van der Waals surface area contributed by atoms with Gasteiger partial charge in [-0.15, -0.1) is 11.3 Å². The highest BCUT2D eigenvalue weighted by Gasteiger charge is 2.40. The van der Waals surface area contributed by atoms with Gasteiger partial charge in [0.1, 0.15) is 21.5 Å². The van der Waals surface area contributed by atoms with Gasteiger partial charge in [-0.1, -0.05) is 34.5 Å². The molecule has 3 aromatic rings. The predicted molar refractivity (Wildman–Crippen MR) is 116 cm³/mol. The molecule has 12 heteroatoms. The summed E-state index contributed by atoms with van der Waals surface area (Å²) in [6.45, 7) is 0.273. The number of ether oxygens (including phenoxy) is 1. The molecular weight excluding hydrogens is 477 g/mol. The minimum absolute atomic E-state index is 0.124. The average Bonchev–Trinajstić information content (AvgIpc) is 3.41. The Balaban J connectivity index is 1.59. The van der Waals surface area contributed by atoms with Crippen LogP contribution in [-0.2, 0) is 14.8 Å². The van der Waals surface area contributed by atoms with Gasteiger partial charge in [0.2, 0.25) is 5.91 Å².